The van der Waals surface area contributed by atoms with E-state index in [0.717, 1.165) is 32.1 Å². The molecule has 0 saturated heterocycles. The second-order valence-electron chi connectivity index (χ2n) is 5.10. The van der Waals surface area contributed by atoms with E-state index in [-0.39, 0.29) is 10.9 Å². The van der Waals surface area contributed by atoms with Gasteiger partial charge in [0.2, 0.25) is 0 Å². The van der Waals surface area contributed by atoms with Crippen LogP contribution in [0, 0.1) is 0 Å². The lowest BCUT2D eigenvalue weighted by atomic mass is 9.96. The molecule has 0 unspecified atom stereocenters. The largest absolute Gasteiger partial charge is 0.335 e. The molecule has 1 aliphatic rings. The number of nitrogens with one attached hydrogen (secondary N) is 2. The van der Waals surface area contributed by atoms with E-state index in [2.05, 4.69) is 15.3 Å². The summed E-state index contributed by atoms with van der Waals surface area (Å²) in [5.41, 5.74) is 8.60. The number of carbonyl (C=O) groups excluding carboxylic acids is 1. The molecule has 0 heterocycles. The Bertz CT molecular complexity index is 674. The van der Waals surface area contributed by atoms with E-state index >= 15 is 0 Å². The van der Waals surface area contributed by atoms with Crippen LogP contribution in [0.2, 0.25) is 0 Å². The highest BCUT2D eigenvalue weighted by molar-refractivity contribution is 7.90. The average Bonchev–Trinajstić information content (AvgIpc) is 2.48. The number of azide groups is 1. The van der Waals surface area contributed by atoms with Gasteiger partial charge in [-0.15, -0.1) is 0 Å². The summed E-state index contributed by atoms with van der Waals surface area (Å²) in [4.78, 5) is 14.3. The lowest BCUT2D eigenvalue weighted by molar-refractivity contribution is 0.237. The molecule has 118 valence electrons. The van der Waals surface area contributed by atoms with E-state index in [0.29, 0.717) is 5.69 Å². The van der Waals surface area contributed by atoms with E-state index in [1.807, 2.05) is 4.72 Å². The summed E-state index contributed by atoms with van der Waals surface area (Å²) in [6.07, 6.45) is 4.97. The van der Waals surface area contributed by atoms with Gasteiger partial charge >= 0.3 is 6.03 Å². The van der Waals surface area contributed by atoms with Crippen molar-refractivity contribution in [2.45, 2.75) is 43.0 Å². The molecule has 2 N–H and O–H groups in total. The van der Waals surface area contributed by atoms with Gasteiger partial charge < -0.3 is 5.32 Å². The molecule has 1 aromatic rings. The molecule has 0 atom stereocenters. The first-order valence-corrected chi connectivity index (χ1v) is 8.48. The Morgan fingerprint density at radius 3 is 2.41 bits per heavy atom. The third-order valence-corrected chi connectivity index (χ3v) is 4.82. The van der Waals surface area contributed by atoms with E-state index in [9.17, 15) is 13.2 Å². The minimum Gasteiger partial charge on any atom is -0.335 e. The fourth-order valence-electron chi connectivity index (χ4n) is 2.39. The lowest BCUT2D eigenvalue weighted by Gasteiger charge is -2.22. The normalized spacial score (nSPS) is 15.6. The number of amides is 2. The second-order valence-corrected chi connectivity index (χ2v) is 6.78. The Labute approximate surface area is 128 Å². The number of hydrogen-bond acceptors (Lipinski definition) is 4. The summed E-state index contributed by atoms with van der Waals surface area (Å²) in [7, 11) is -3.94. The Kier molecular flexibility index (Phi) is 5.24. The van der Waals surface area contributed by atoms with Gasteiger partial charge in [-0.2, -0.15) is 0 Å². The number of urea groups is 1. The van der Waals surface area contributed by atoms with Gasteiger partial charge in [-0.1, -0.05) is 36.5 Å². The topological polar surface area (TPSA) is 124 Å². The number of hydrogen-bond donors (Lipinski definition) is 2. The van der Waals surface area contributed by atoms with E-state index < -0.39 is 16.1 Å². The van der Waals surface area contributed by atoms with E-state index in [1.54, 1.807) is 0 Å². The van der Waals surface area contributed by atoms with Crippen molar-refractivity contribution in [3.05, 3.63) is 34.7 Å². The van der Waals surface area contributed by atoms with Crippen molar-refractivity contribution in [2.24, 2.45) is 5.11 Å². The molecule has 2 rings (SSSR count). The van der Waals surface area contributed by atoms with Crippen molar-refractivity contribution in [2.75, 3.05) is 0 Å². The van der Waals surface area contributed by atoms with Crippen molar-refractivity contribution in [3.8, 4) is 0 Å². The highest BCUT2D eigenvalue weighted by Gasteiger charge is 2.20. The van der Waals surface area contributed by atoms with Crippen molar-refractivity contribution in [1.29, 1.82) is 0 Å². The molecule has 0 radical (unpaired) electrons. The zero-order valence-corrected chi connectivity index (χ0v) is 12.7. The van der Waals surface area contributed by atoms with Crippen molar-refractivity contribution in [1.82, 2.24) is 10.0 Å². The fourth-order valence-corrected chi connectivity index (χ4v) is 3.30. The molecule has 0 aliphatic heterocycles. The SMILES string of the molecule is [N-]=[N+]=Nc1ccc(S(=O)(=O)NC(=O)NC2CCCCC2)cc1. The number of carbonyl (C=O) groups is 1. The van der Waals surface area contributed by atoms with Crippen LogP contribution in [0.25, 0.3) is 10.4 Å². The second kappa shape index (κ2) is 7.15. The molecule has 2 amide bonds. The van der Waals surface area contributed by atoms with Crippen molar-refractivity contribution >= 4 is 21.7 Å². The maximum Gasteiger partial charge on any atom is 0.328 e. The molecule has 0 aromatic heterocycles. The van der Waals surface area contributed by atoms with Crippen LogP contribution < -0.4 is 10.0 Å². The minimum atomic E-state index is -3.94. The quantitative estimate of drug-likeness (QED) is 0.502. The Hall–Kier alpha value is -2.25. The highest BCUT2D eigenvalue weighted by atomic mass is 32.2. The summed E-state index contributed by atoms with van der Waals surface area (Å²) in [5, 5.41) is 6.03. The third kappa shape index (κ3) is 4.37. The maximum absolute atomic E-state index is 12.1. The number of nitrogens with zero attached hydrogens (tertiary/aromatic N) is 3. The van der Waals surface area contributed by atoms with Crippen LogP contribution in [0.3, 0.4) is 0 Å². The molecule has 22 heavy (non-hydrogen) atoms. The molecule has 8 nitrogen and oxygen atoms in total. The smallest absolute Gasteiger partial charge is 0.328 e. The van der Waals surface area contributed by atoms with Gasteiger partial charge in [0, 0.05) is 16.6 Å². The van der Waals surface area contributed by atoms with Gasteiger partial charge in [0.25, 0.3) is 10.0 Å². The van der Waals surface area contributed by atoms with Crippen LogP contribution in [0.4, 0.5) is 10.5 Å². The van der Waals surface area contributed by atoms with Crippen LogP contribution in [-0.2, 0) is 10.0 Å². The zero-order valence-electron chi connectivity index (χ0n) is 11.9. The standard InChI is InChI=1S/C13H17N5O3S/c14-18-16-11-6-8-12(9-7-11)22(20,21)17-13(19)15-10-4-2-1-3-5-10/h6-10H,1-5H2,(H2,15,17,19). The summed E-state index contributed by atoms with van der Waals surface area (Å²) >= 11 is 0. The number of sulfonamides is 1. The van der Waals surface area contributed by atoms with Gasteiger partial charge in [-0.05, 0) is 30.5 Å². The first kappa shape index (κ1) is 16.1. The lowest BCUT2D eigenvalue weighted by Crippen LogP contribution is -2.45. The predicted octanol–water partition coefficient (Wildman–Crippen LogP) is 2.95. The highest BCUT2D eigenvalue weighted by Crippen LogP contribution is 2.18. The molecule has 0 bridgehead atoms. The molecule has 0 spiro atoms. The monoisotopic (exact) mass is 323 g/mol. The molecule has 1 saturated carbocycles. The number of rotatable bonds is 4. The van der Waals surface area contributed by atoms with Crippen LogP contribution in [-0.4, -0.2) is 20.5 Å². The predicted molar refractivity (Wildman–Crippen MR) is 81.0 cm³/mol. The average molecular weight is 323 g/mol. The maximum atomic E-state index is 12.1. The molecule has 1 fully saturated rings. The van der Waals surface area contributed by atoms with Gasteiger partial charge in [-0.3, -0.25) is 0 Å². The van der Waals surface area contributed by atoms with Gasteiger partial charge in [0.15, 0.2) is 0 Å². The van der Waals surface area contributed by atoms with Gasteiger partial charge in [0.05, 0.1) is 4.90 Å². The van der Waals surface area contributed by atoms with Crippen LogP contribution in [0.15, 0.2) is 34.3 Å². The van der Waals surface area contributed by atoms with E-state index in [1.165, 1.54) is 24.3 Å². The number of benzene rings is 1. The molecule has 1 aliphatic carbocycles. The first-order chi connectivity index (χ1) is 10.5. The Morgan fingerprint density at radius 1 is 1.18 bits per heavy atom. The van der Waals surface area contributed by atoms with Crippen LogP contribution in [0.5, 0.6) is 0 Å². The van der Waals surface area contributed by atoms with Gasteiger partial charge in [-0.25, -0.2) is 17.9 Å². The zero-order chi connectivity index (χ0) is 16.0. The van der Waals surface area contributed by atoms with Crippen LogP contribution >= 0.6 is 0 Å². The van der Waals surface area contributed by atoms with E-state index in [4.69, 9.17) is 5.53 Å². The summed E-state index contributed by atoms with van der Waals surface area (Å²) in [6, 6.07) is 4.60. The third-order valence-electron chi connectivity index (χ3n) is 3.47. The Balaban J connectivity index is 2.00. The Morgan fingerprint density at radius 2 is 1.82 bits per heavy atom. The molecular formula is C13H17N5O3S. The fraction of sp³-hybridized carbons (Fsp3) is 0.462. The first-order valence-electron chi connectivity index (χ1n) is 7.00. The molecular weight excluding hydrogens is 306 g/mol. The minimum absolute atomic E-state index is 0.0243. The summed E-state index contributed by atoms with van der Waals surface area (Å²) in [6.45, 7) is 0. The molecule has 1 aromatic carbocycles. The summed E-state index contributed by atoms with van der Waals surface area (Å²) < 4.78 is 26.1. The van der Waals surface area contributed by atoms with Crippen LogP contribution in [0.1, 0.15) is 32.1 Å². The van der Waals surface area contributed by atoms with Crippen molar-refractivity contribution < 1.29 is 13.2 Å². The van der Waals surface area contributed by atoms with Gasteiger partial charge in [0.1, 0.15) is 0 Å². The molecule has 9 heteroatoms. The summed E-state index contributed by atoms with van der Waals surface area (Å²) in [5.74, 6) is 0. The van der Waals surface area contributed by atoms with Crippen molar-refractivity contribution in [3.63, 3.8) is 0 Å².